The van der Waals surface area contributed by atoms with Crippen molar-refractivity contribution in [2.75, 3.05) is 5.32 Å². The number of allylic oxidation sites excluding steroid dienone is 4. The van der Waals surface area contributed by atoms with E-state index in [1.165, 1.54) is 18.3 Å². The maximum Gasteiger partial charge on any atom is 0.204 e. The van der Waals surface area contributed by atoms with E-state index in [2.05, 4.69) is 21.0 Å². The second kappa shape index (κ2) is 15.3. The zero-order valence-electron chi connectivity index (χ0n) is 23.1. The molecule has 0 saturated heterocycles. The van der Waals surface area contributed by atoms with Crippen LogP contribution in [0.2, 0.25) is 0 Å². The Morgan fingerprint density at radius 1 is 1.15 bits per heavy atom. The number of anilines is 1. The van der Waals surface area contributed by atoms with Crippen molar-refractivity contribution in [2.24, 2.45) is 11.5 Å². The summed E-state index contributed by atoms with van der Waals surface area (Å²) in [6.45, 7) is 8.27. The summed E-state index contributed by atoms with van der Waals surface area (Å²) in [5.41, 5.74) is 16.4. The van der Waals surface area contributed by atoms with Gasteiger partial charge in [-0.1, -0.05) is 55.5 Å². The topological polar surface area (TPSA) is 155 Å². The van der Waals surface area contributed by atoms with Crippen LogP contribution in [0.1, 0.15) is 61.7 Å². The number of nitrogens with two attached hydrogens (primary N) is 2. The number of nitrogens with zero attached hydrogens (tertiary/aromatic N) is 3. The first kappa shape index (κ1) is 31.1. The lowest BCUT2D eigenvalue weighted by Crippen LogP contribution is -2.14. The lowest BCUT2D eigenvalue weighted by Gasteiger charge is -2.17. The molecule has 1 atom stereocenters. The molecule has 206 valence electrons. The molecule has 0 aliphatic rings. The summed E-state index contributed by atoms with van der Waals surface area (Å²) >= 11 is 0. The van der Waals surface area contributed by atoms with Crippen LogP contribution in [0.15, 0.2) is 84.1 Å². The highest BCUT2D eigenvalue weighted by atomic mass is 19.1. The Labute approximate surface area is 234 Å². The van der Waals surface area contributed by atoms with E-state index in [1.54, 1.807) is 12.1 Å². The number of primary amides is 1. The molecule has 8 nitrogen and oxygen atoms in total. The summed E-state index contributed by atoms with van der Waals surface area (Å²) in [6, 6.07) is 16.4. The number of hydrogen-bond acceptors (Lipinski definition) is 6. The van der Waals surface area contributed by atoms with E-state index in [1.807, 2.05) is 76.3 Å². The number of amides is 1. The normalized spacial score (nSPS) is 12.4. The van der Waals surface area contributed by atoms with Crippen molar-refractivity contribution in [1.29, 1.82) is 10.7 Å². The SMILES string of the molecule is C/C=C(C)/C(=C\C(=C/C)c1ccc(CNc2ncc(C#N)nc2[C@@H](C)c2ccc(F)cc2)cc1)C(=N)N.NC=O. The fourth-order valence-electron chi connectivity index (χ4n) is 3.85. The fourth-order valence-corrected chi connectivity index (χ4v) is 3.85. The molecular weight excluding hydrogens is 505 g/mol. The molecule has 0 spiro atoms. The molecule has 6 N–H and O–H groups in total. The van der Waals surface area contributed by atoms with Gasteiger partial charge in [0.2, 0.25) is 6.41 Å². The number of hydrogen-bond donors (Lipinski definition) is 4. The number of aromatic nitrogens is 2. The minimum atomic E-state index is -0.305. The van der Waals surface area contributed by atoms with Gasteiger partial charge in [-0.3, -0.25) is 10.2 Å². The molecule has 1 heterocycles. The number of nitriles is 1. The van der Waals surface area contributed by atoms with Crippen molar-refractivity contribution in [3.05, 3.63) is 118 Å². The molecule has 2 aromatic carbocycles. The zero-order valence-corrected chi connectivity index (χ0v) is 23.1. The third-order valence-corrected chi connectivity index (χ3v) is 6.20. The van der Waals surface area contributed by atoms with Gasteiger partial charge in [-0.25, -0.2) is 14.4 Å². The molecular formula is C31H34FN7O. The fraction of sp³-hybridized carbons (Fsp3) is 0.194. The van der Waals surface area contributed by atoms with Crippen molar-refractivity contribution in [2.45, 2.75) is 40.2 Å². The Kier molecular flexibility index (Phi) is 11.9. The molecule has 0 unspecified atom stereocenters. The number of nitrogens with one attached hydrogen (secondary N) is 2. The number of carbonyl (C=O) groups is 1. The van der Waals surface area contributed by atoms with E-state index in [4.69, 9.17) is 15.9 Å². The van der Waals surface area contributed by atoms with Crippen molar-refractivity contribution < 1.29 is 9.18 Å². The first-order valence-corrected chi connectivity index (χ1v) is 12.6. The lowest BCUT2D eigenvalue weighted by atomic mass is 9.97. The molecule has 0 radical (unpaired) electrons. The molecule has 0 fully saturated rings. The highest BCUT2D eigenvalue weighted by Gasteiger charge is 2.17. The molecule has 0 aliphatic heterocycles. The first-order valence-electron chi connectivity index (χ1n) is 12.6. The average Bonchev–Trinajstić information content (AvgIpc) is 2.97. The van der Waals surface area contributed by atoms with E-state index in [0.29, 0.717) is 23.6 Å². The third kappa shape index (κ3) is 8.46. The van der Waals surface area contributed by atoms with E-state index < -0.39 is 0 Å². The van der Waals surface area contributed by atoms with Crippen LogP contribution in [-0.2, 0) is 11.3 Å². The molecule has 0 saturated carbocycles. The Morgan fingerprint density at radius 3 is 2.30 bits per heavy atom. The average molecular weight is 540 g/mol. The molecule has 0 bridgehead atoms. The predicted octanol–water partition coefficient (Wildman–Crippen LogP) is 5.58. The van der Waals surface area contributed by atoms with Gasteiger partial charge in [-0.05, 0) is 66.8 Å². The quantitative estimate of drug-likeness (QED) is 0.120. The van der Waals surface area contributed by atoms with Crippen LogP contribution in [0, 0.1) is 22.6 Å². The molecule has 9 heteroatoms. The summed E-state index contributed by atoms with van der Waals surface area (Å²) in [7, 11) is 0. The van der Waals surface area contributed by atoms with Crippen LogP contribution < -0.4 is 16.8 Å². The third-order valence-electron chi connectivity index (χ3n) is 6.20. The van der Waals surface area contributed by atoms with E-state index in [9.17, 15) is 9.65 Å². The second-order valence-electron chi connectivity index (χ2n) is 8.75. The maximum absolute atomic E-state index is 13.4. The summed E-state index contributed by atoms with van der Waals surface area (Å²) in [4.78, 5) is 17.5. The molecule has 3 rings (SSSR count). The van der Waals surface area contributed by atoms with Crippen LogP contribution in [0.3, 0.4) is 0 Å². The van der Waals surface area contributed by atoms with Crippen LogP contribution >= 0.6 is 0 Å². The highest BCUT2D eigenvalue weighted by Crippen LogP contribution is 2.28. The first-order chi connectivity index (χ1) is 19.2. The van der Waals surface area contributed by atoms with Gasteiger partial charge in [0.25, 0.3) is 0 Å². The van der Waals surface area contributed by atoms with Crippen molar-refractivity contribution in [3.63, 3.8) is 0 Å². The number of carbonyl (C=O) groups excluding carboxylic acids is 1. The smallest absolute Gasteiger partial charge is 0.204 e. The van der Waals surface area contributed by atoms with E-state index in [-0.39, 0.29) is 29.7 Å². The van der Waals surface area contributed by atoms with Crippen LogP contribution in [0.4, 0.5) is 10.2 Å². The molecule has 1 amide bonds. The number of halogens is 1. The van der Waals surface area contributed by atoms with Crippen LogP contribution in [0.25, 0.3) is 5.57 Å². The van der Waals surface area contributed by atoms with Gasteiger partial charge >= 0.3 is 0 Å². The monoisotopic (exact) mass is 539 g/mol. The van der Waals surface area contributed by atoms with Crippen molar-refractivity contribution in [3.8, 4) is 6.07 Å². The Morgan fingerprint density at radius 2 is 1.77 bits per heavy atom. The highest BCUT2D eigenvalue weighted by molar-refractivity contribution is 6.01. The Bertz CT molecular complexity index is 1450. The van der Waals surface area contributed by atoms with Crippen LogP contribution in [0.5, 0.6) is 0 Å². The molecule has 1 aromatic heterocycles. The van der Waals surface area contributed by atoms with Crippen LogP contribution in [-0.4, -0.2) is 22.2 Å². The maximum atomic E-state index is 13.4. The molecule has 0 aliphatic carbocycles. The minimum absolute atomic E-state index is 0.0324. The van der Waals surface area contributed by atoms with Gasteiger partial charge in [-0.15, -0.1) is 0 Å². The minimum Gasteiger partial charge on any atom is -0.384 e. The summed E-state index contributed by atoms with van der Waals surface area (Å²) in [5, 5.41) is 20.6. The zero-order chi connectivity index (χ0) is 29.7. The van der Waals surface area contributed by atoms with Gasteiger partial charge < -0.3 is 16.8 Å². The Balaban J connectivity index is 0.00000178. The number of rotatable bonds is 9. The van der Waals surface area contributed by atoms with Gasteiger partial charge in [-0.2, -0.15) is 5.26 Å². The summed E-state index contributed by atoms with van der Waals surface area (Å²) in [5.74, 6) is 0.113. The van der Waals surface area contributed by atoms with E-state index in [0.717, 1.165) is 27.8 Å². The summed E-state index contributed by atoms with van der Waals surface area (Å²) < 4.78 is 13.4. The van der Waals surface area contributed by atoms with Gasteiger partial charge in [0.1, 0.15) is 23.5 Å². The lowest BCUT2D eigenvalue weighted by molar-refractivity contribution is -0.106. The second-order valence-corrected chi connectivity index (χ2v) is 8.75. The van der Waals surface area contributed by atoms with Gasteiger partial charge in [0.05, 0.1) is 11.9 Å². The Hall–Kier alpha value is -5.10. The largest absolute Gasteiger partial charge is 0.384 e. The van der Waals surface area contributed by atoms with Gasteiger partial charge in [0, 0.05) is 18.0 Å². The standard InChI is InChI=1S/C30H31FN6.CH3NO/c1-5-19(3)27(29(33)34)15-22(6-2)24-9-7-21(8-10-24)17-35-30-28(37-26(16-32)18-36-30)20(4)23-11-13-25(31)14-12-23;2-1-3/h5-15,18,20H,17H2,1-4H3,(H3,33,34)(H,35,36);1H,(H2,2,3)/b19-5+,22-6+,27-15+;/t20-;/m0./s1. The molecule has 40 heavy (non-hydrogen) atoms. The van der Waals surface area contributed by atoms with Crippen molar-refractivity contribution in [1.82, 2.24) is 9.97 Å². The number of benzene rings is 2. The van der Waals surface area contributed by atoms with Gasteiger partial charge in [0.15, 0.2) is 5.69 Å². The summed E-state index contributed by atoms with van der Waals surface area (Å²) in [6.07, 6.45) is 7.55. The number of amidine groups is 1. The van der Waals surface area contributed by atoms with Crippen molar-refractivity contribution >= 4 is 23.6 Å². The predicted molar refractivity (Wildman–Crippen MR) is 158 cm³/mol. The van der Waals surface area contributed by atoms with E-state index >= 15 is 0 Å². The molecule has 3 aromatic rings.